The zero-order valence-corrected chi connectivity index (χ0v) is 25.8. The number of hydrogen-bond acceptors (Lipinski definition) is 10. The molecule has 0 heterocycles. The van der Waals surface area contributed by atoms with E-state index in [4.69, 9.17) is 29.8 Å². The fourth-order valence-corrected chi connectivity index (χ4v) is 3.81. The molecule has 2 atom stereocenters. The number of hydrogen-bond donors (Lipinski definition) is 3. The Morgan fingerprint density at radius 2 is 1.72 bits per heavy atom. The van der Waals surface area contributed by atoms with Crippen LogP contribution < -0.4 is 15.8 Å². The van der Waals surface area contributed by atoms with E-state index in [0.29, 0.717) is 13.0 Å². The van der Waals surface area contributed by atoms with Crippen molar-refractivity contribution in [3.63, 3.8) is 0 Å². The van der Waals surface area contributed by atoms with Gasteiger partial charge in [0.25, 0.3) is 0 Å². The lowest BCUT2D eigenvalue weighted by Gasteiger charge is -2.22. The molecule has 1 amide bonds. The molecule has 4 N–H and O–H groups in total. The second-order valence-electron chi connectivity index (χ2n) is 9.74. The van der Waals surface area contributed by atoms with Crippen molar-refractivity contribution in [1.29, 1.82) is 0 Å². The number of amides is 1. The number of aliphatic hydroxyl groups is 1. The van der Waals surface area contributed by atoms with Crippen LogP contribution in [0, 0.1) is 0 Å². The zero-order chi connectivity index (χ0) is 29.1. The third-order valence-electron chi connectivity index (χ3n) is 4.50. The summed E-state index contributed by atoms with van der Waals surface area (Å²) in [4.78, 5) is 34.0. The quantitative estimate of drug-likeness (QED) is 0.211. The van der Waals surface area contributed by atoms with Crippen LogP contribution in [-0.2, 0) is 29.6 Å². The molecule has 0 aromatic heterocycles. The monoisotopic (exact) mass is 594 g/mol. The normalized spacial score (nSPS) is 12.2. The summed E-state index contributed by atoms with van der Waals surface area (Å²) < 4.78 is 20.0. The van der Waals surface area contributed by atoms with Crippen LogP contribution >= 0.6 is 24.2 Å². The highest BCUT2D eigenvalue weighted by Crippen LogP contribution is 2.17. The second-order valence-corrected chi connectivity index (χ2v) is 10.8. The molecular formula is C27H47ClN2O8S. The minimum atomic E-state index is -0.606. The first-order valence-corrected chi connectivity index (χ1v) is 13.9. The predicted molar refractivity (Wildman–Crippen MR) is 156 cm³/mol. The van der Waals surface area contributed by atoms with Gasteiger partial charge in [-0.2, -0.15) is 11.8 Å². The van der Waals surface area contributed by atoms with E-state index in [9.17, 15) is 14.4 Å². The molecule has 12 heteroatoms. The summed E-state index contributed by atoms with van der Waals surface area (Å²) >= 11 is 1.72. The van der Waals surface area contributed by atoms with Crippen LogP contribution in [0.15, 0.2) is 24.3 Å². The van der Waals surface area contributed by atoms with Crippen molar-refractivity contribution in [3.05, 3.63) is 29.8 Å². The van der Waals surface area contributed by atoms with Crippen LogP contribution in [-0.4, -0.2) is 73.0 Å². The van der Waals surface area contributed by atoms with Crippen molar-refractivity contribution in [3.8, 4) is 5.75 Å². The van der Waals surface area contributed by atoms with Gasteiger partial charge < -0.3 is 35.1 Å². The lowest BCUT2D eigenvalue weighted by molar-refractivity contribution is -0.147. The van der Waals surface area contributed by atoms with Crippen molar-refractivity contribution in [2.75, 3.05) is 26.1 Å². The number of methoxy groups -OCH3 is 1. The van der Waals surface area contributed by atoms with E-state index >= 15 is 0 Å². The van der Waals surface area contributed by atoms with E-state index in [1.54, 1.807) is 46.6 Å². The molecule has 0 radical (unpaired) electrons. The molecule has 39 heavy (non-hydrogen) atoms. The van der Waals surface area contributed by atoms with Gasteiger partial charge in [-0.15, -0.1) is 12.4 Å². The number of rotatable bonds is 14. The number of thioether (sulfide) groups is 1. The maximum atomic E-state index is 11.4. The molecule has 0 bridgehead atoms. The summed E-state index contributed by atoms with van der Waals surface area (Å²) in [5, 5.41) is 11.6. The number of aliphatic hydroxyl groups excluding tert-OH is 1. The van der Waals surface area contributed by atoms with Crippen LogP contribution in [0.2, 0.25) is 0 Å². The van der Waals surface area contributed by atoms with Gasteiger partial charge in [-0.25, -0.2) is 4.79 Å². The van der Waals surface area contributed by atoms with Crippen molar-refractivity contribution >= 4 is 42.2 Å². The minimum Gasteiger partial charge on any atom is -0.497 e. The second kappa shape index (κ2) is 21.6. The number of nitrogens with two attached hydrogens (primary N) is 1. The number of nitrogens with one attached hydrogen (secondary N) is 1. The SMILES string of the molecule is CCOC(=O)CC[C@H](CO)NC(=O)OC(C)(C)C.COc1ccc(CSC[C@@H](N)CC(=O)OC(C)C)cc1.Cl. The standard InChI is InChI=1S/C15H23NO3S.C12H23NO5.ClH/c1-11(2)19-15(17)8-13(16)10-20-9-12-4-6-14(18-3)7-5-12;1-5-17-10(15)7-6-9(8-14)13-11(16)18-12(2,3)4;/h4-7,11,13H,8-10,16H2,1-3H3;9,14H,5-8H2,1-4H3,(H,13,16);1H/t13-;9-;/m01./s1. The van der Waals surface area contributed by atoms with Crippen LogP contribution in [0.5, 0.6) is 5.75 Å². The van der Waals surface area contributed by atoms with Gasteiger partial charge in [0, 0.05) is 24.0 Å². The molecule has 1 aromatic rings. The van der Waals surface area contributed by atoms with Crippen molar-refractivity contribution < 1.29 is 38.4 Å². The van der Waals surface area contributed by atoms with Crippen LogP contribution in [0.4, 0.5) is 4.79 Å². The molecule has 0 aliphatic rings. The van der Waals surface area contributed by atoms with Gasteiger partial charge in [0.15, 0.2) is 0 Å². The number of halogens is 1. The van der Waals surface area contributed by atoms with E-state index in [1.165, 1.54) is 5.56 Å². The summed E-state index contributed by atoms with van der Waals surface area (Å²) in [5.41, 5.74) is 6.54. The Hall–Kier alpha value is -2.21. The zero-order valence-electron chi connectivity index (χ0n) is 24.2. The van der Waals surface area contributed by atoms with Gasteiger partial charge in [0.2, 0.25) is 0 Å². The predicted octanol–water partition coefficient (Wildman–Crippen LogP) is 4.23. The molecule has 0 unspecified atom stereocenters. The fourth-order valence-electron chi connectivity index (χ4n) is 2.84. The number of carbonyl (C=O) groups is 3. The van der Waals surface area contributed by atoms with Gasteiger partial charge in [0.05, 0.1) is 38.9 Å². The summed E-state index contributed by atoms with van der Waals surface area (Å²) in [5.74, 6) is 1.89. The largest absolute Gasteiger partial charge is 0.497 e. The van der Waals surface area contributed by atoms with Crippen LogP contribution in [0.25, 0.3) is 0 Å². The van der Waals surface area contributed by atoms with E-state index in [1.807, 2.05) is 38.1 Å². The van der Waals surface area contributed by atoms with E-state index < -0.39 is 17.7 Å². The average molecular weight is 595 g/mol. The molecule has 1 aromatic carbocycles. The van der Waals surface area contributed by atoms with E-state index in [0.717, 1.165) is 17.3 Å². The Balaban J connectivity index is 0. The van der Waals surface area contributed by atoms with Crippen molar-refractivity contribution in [2.24, 2.45) is 5.73 Å². The molecular weight excluding hydrogens is 548 g/mol. The third kappa shape index (κ3) is 22.3. The Morgan fingerprint density at radius 1 is 1.10 bits per heavy atom. The fraction of sp³-hybridized carbons (Fsp3) is 0.667. The maximum Gasteiger partial charge on any atom is 0.407 e. The Labute approximate surface area is 243 Å². The Bertz CT molecular complexity index is 819. The van der Waals surface area contributed by atoms with Gasteiger partial charge in [-0.05, 0) is 65.7 Å². The van der Waals surface area contributed by atoms with Gasteiger partial charge >= 0.3 is 18.0 Å². The number of alkyl carbamates (subject to hydrolysis) is 1. The molecule has 10 nitrogen and oxygen atoms in total. The van der Waals surface area contributed by atoms with Crippen LogP contribution in [0.3, 0.4) is 0 Å². The highest BCUT2D eigenvalue weighted by molar-refractivity contribution is 7.98. The lowest BCUT2D eigenvalue weighted by Crippen LogP contribution is -2.41. The molecule has 0 saturated carbocycles. The van der Waals surface area contributed by atoms with Gasteiger partial charge in [-0.1, -0.05) is 12.1 Å². The highest BCUT2D eigenvalue weighted by atomic mass is 35.5. The summed E-state index contributed by atoms with van der Waals surface area (Å²) in [6, 6.07) is 7.27. The first kappa shape index (κ1) is 38.9. The number of benzene rings is 1. The molecule has 0 spiro atoms. The van der Waals surface area contributed by atoms with Gasteiger partial charge in [-0.3, -0.25) is 9.59 Å². The van der Waals surface area contributed by atoms with E-state index in [-0.39, 0.29) is 55.9 Å². The summed E-state index contributed by atoms with van der Waals surface area (Å²) in [6.07, 6.45) is 0.0455. The number of ether oxygens (including phenoxy) is 4. The Morgan fingerprint density at radius 3 is 2.21 bits per heavy atom. The Kier molecular flexibility index (Phi) is 21.6. The number of carbonyl (C=O) groups excluding carboxylic acids is 3. The first-order valence-electron chi connectivity index (χ1n) is 12.7. The molecule has 226 valence electrons. The third-order valence-corrected chi connectivity index (χ3v) is 5.70. The maximum absolute atomic E-state index is 11.4. The topological polar surface area (TPSA) is 146 Å². The molecule has 0 aliphatic heterocycles. The molecule has 0 fully saturated rings. The molecule has 1 rings (SSSR count). The number of esters is 2. The lowest BCUT2D eigenvalue weighted by atomic mass is 10.1. The summed E-state index contributed by atoms with van der Waals surface area (Å²) in [6.45, 7) is 10.7. The summed E-state index contributed by atoms with van der Waals surface area (Å²) in [7, 11) is 1.65. The smallest absolute Gasteiger partial charge is 0.407 e. The van der Waals surface area contributed by atoms with Crippen molar-refractivity contribution in [2.45, 2.75) is 90.3 Å². The molecule has 0 saturated heterocycles. The average Bonchev–Trinajstić information content (AvgIpc) is 2.81. The van der Waals surface area contributed by atoms with Crippen molar-refractivity contribution in [1.82, 2.24) is 5.32 Å². The first-order chi connectivity index (χ1) is 17.8. The van der Waals surface area contributed by atoms with Crippen LogP contribution in [0.1, 0.15) is 66.4 Å². The van der Waals surface area contributed by atoms with Gasteiger partial charge in [0.1, 0.15) is 11.4 Å². The highest BCUT2D eigenvalue weighted by Gasteiger charge is 2.20. The van der Waals surface area contributed by atoms with E-state index in [2.05, 4.69) is 5.32 Å². The minimum absolute atomic E-state index is 0. The molecule has 0 aliphatic carbocycles.